The van der Waals surface area contributed by atoms with Crippen molar-refractivity contribution in [3.05, 3.63) is 41.5 Å². The number of hydrogen-bond acceptors (Lipinski definition) is 3. The third-order valence-corrected chi connectivity index (χ3v) is 2.26. The highest BCUT2D eigenvalue weighted by Gasteiger charge is 2.01. The number of aryl methyl sites for hydroxylation is 2. The molecule has 0 aliphatic heterocycles. The lowest BCUT2D eigenvalue weighted by Gasteiger charge is -2.03. The molecule has 0 amide bonds. The van der Waals surface area contributed by atoms with E-state index >= 15 is 0 Å². The van der Waals surface area contributed by atoms with Crippen LogP contribution in [0.5, 0.6) is 5.75 Å². The van der Waals surface area contributed by atoms with E-state index in [1.54, 1.807) is 0 Å². The molecule has 0 saturated heterocycles. The summed E-state index contributed by atoms with van der Waals surface area (Å²) < 4.78 is 5.60. The Morgan fingerprint density at radius 1 is 1.38 bits per heavy atom. The van der Waals surface area contributed by atoms with Crippen LogP contribution in [0.4, 0.5) is 0 Å². The smallest absolute Gasteiger partial charge is 0.162 e. The van der Waals surface area contributed by atoms with Gasteiger partial charge < -0.3 is 4.74 Å². The van der Waals surface area contributed by atoms with Crippen molar-refractivity contribution < 1.29 is 4.74 Å². The molecule has 0 spiro atoms. The average molecular weight is 217 g/mol. The van der Waals surface area contributed by atoms with Crippen LogP contribution < -0.4 is 4.74 Å². The molecule has 0 fully saturated rings. The fourth-order valence-electron chi connectivity index (χ4n) is 1.41. The van der Waals surface area contributed by atoms with E-state index in [-0.39, 0.29) is 0 Å². The van der Waals surface area contributed by atoms with Crippen LogP contribution in [0.15, 0.2) is 24.3 Å². The number of nitrogens with one attached hydrogen (secondary N) is 1. The molecule has 0 atom stereocenters. The third-order valence-electron chi connectivity index (χ3n) is 2.26. The van der Waals surface area contributed by atoms with Crippen molar-refractivity contribution in [1.82, 2.24) is 15.2 Å². The Balaban J connectivity index is 1.96. The highest BCUT2D eigenvalue weighted by atomic mass is 16.5. The highest BCUT2D eigenvalue weighted by Crippen LogP contribution is 2.13. The standard InChI is InChI=1S/C12H15N3O/c1-3-11-13-12(15-14-11)8-16-10-6-4-5-9(2)7-10/h4-7H,3,8H2,1-2H3,(H,13,14,15). The van der Waals surface area contributed by atoms with Gasteiger partial charge in [-0.15, -0.1) is 0 Å². The molecule has 1 heterocycles. The van der Waals surface area contributed by atoms with Crippen molar-refractivity contribution in [2.45, 2.75) is 26.9 Å². The Morgan fingerprint density at radius 2 is 2.25 bits per heavy atom. The van der Waals surface area contributed by atoms with E-state index in [2.05, 4.69) is 15.2 Å². The molecular formula is C12H15N3O. The van der Waals surface area contributed by atoms with E-state index in [4.69, 9.17) is 4.74 Å². The van der Waals surface area contributed by atoms with Crippen molar-refractivity contribution in [3.63, 3.8) is 0 Å². The maximum atomic E-state index is 5.60. The maximum Gasteiger partial charge on any atom is 0.162 e. The molecule has 0 aliphatic carbocycles. The summed E-state index contributed by atoms with van der Waals surface area (Å²) in [6.07, 6.45) is 0.834. The second kappa shape index (κ2) is 4.79. The van der Waals surface area contributed by atoms with Crippen LogP contribution in [0.1, 0.15) is 24.1 Å². The monoisotopic (exact) mass is 217 g/mol. The van der Waals surface area contributed by atoms with Crippen molar-refractivity contribution in [2.24, 2.45) is 0 Å². The molecule has 0 bridgehead atoms. The third kappa shape index (κ3) is 2.59. The molecule has 0 saturated carbocycles. The molecule has 2 rings (SSSR count). The number of nitrogens with zero attached hydrogens (tertiary/aromatic N) is 2. The topological polar surface area (TPSA) is 50.8 Å². The van der Waals surface area contributed by atoms with Gasteiger partial charge in [0.05, 0.1) is 0 Å². The van der Waals surface area contributed by atoms with Gasteiger partial charge in [0.15, 0.2) is 11.6 Å². The summed E-state index contributed by atoms with van der Waals surface area (Å²) >= 11 is 0. The van der Waals surface area contributed by atoms with Crippen molar-refractivity contribution >= 4 is 0 Å². The zero-order chi connectivity index (χ0) is 11.4. The highest BCUT2D eigenvalue weighted by molar-refractivity contribution is 5.27. The first-order valence-electron chi connectivity index (χ1n) is 5.37. The zero-order valence-corrected chi connectivity index (χ0v) is 9.53. The number of aromatic amines is 1. The number of H-pyrrole nitrogens is 1. The molecule has 0 radical (unpaired) electrons. The van der Waals surface area contributed by atoms with Crippen LogP contribution >= 0.6 is 0 Å². The fraction of sp³-hybridized carbons (Fsp3) is 0.333. The van der Waals surface area contributed by atoms with E-state index in [0.29, 0.717) is 6.61 Å². The molecule has 1 aromatic carbocycles. The van der Waals surface area contributed by atoms with Crippen molar-refractivity contribution in [1.29, 1.82) is 0 Å². The maximum absolute atomic E-state index is 5.60. The first-order valence-corrected chi connectivity index (χ1v) is 5.37. The Kier molecular flexibility index (Phi) is 3.19. The van der Waals surface area contributed by atoms with Crippen LogP contribution in [0.25, 0.3) is 0 Å². The molecule has 1 aromatic heterocycles. The predicted molar refractivity (Wildman–Crippen MR) is 61.3 cm³/mol. The van der Waals surface area contributed by atoms with Crippen LogP contribution in [0.3, 0.4) is 0 Å². The number of hydrogen-bond donors (Lipinski definition) is 1. The minimum absolute atomic E-state index is 0.427. The van der Waals surface area contributed by atoms with E-state index in [1.165, 1.54) is 5.56 Å². The van der Waals surface area contributed by atoms with E-state index < -0.39 is 0 Å². The lowest BCUT2D eigenvalue weighted by molar-refractivity contribution is 0.296. The Labute approximate surface area is 94.7 Å². The van der Waals surface area contributed by atoms with Crippen molar-refractivity contribution in [2.75, 3.05) is 0 Å². The summed E-state index contributed by atoms with van der Waals surface area (Å²) in [5, 5.41) is 6.90. The van der Waals surface area contributed by atoms with Gasteiger partial charge in [-0.3, -0.25) is 5.10 Å². The van der Waals surface area contributed by atoms with Gasteiger partial charge in [0.1, 0.15) is 12.4 Å². The van der Waals surface area contributed by atoms with Gasteiger partial charge in [0.25, 0.3) is 0 Å². The number of ether oxygens (including phenoxy) is 1. The summed E-state index contributed by atoms with van der Waals surface area (Å²) in [5.74, 6) is 2.44. The second-order valence-corrected chi connectivity index (χ2v) is 3.66. The van der Waals surface area contributed by atoms with E-state index in [0.717, 1.165) is 23.8 Å². The summed E-state index contributed by atoms with van der Waals surface area (Å²) in [5.41, 5.74) is 1.18. The number of rotatable bonds is 4. The predicted octanol–water partition coefficient (Wildman–Crippen LogP) is 2.25. The normalized spacial score (nSPS) is 10.4. The Hall–Kier alpha value is -1.84. The van der Waals surface area contributed by atoms with Crippen LogP contribution in [-0.2, 0) is 13.0 Å². The summed E-state index contributed by atoms with van der Waals surface area (Å²) in [7, 11) is 0. The molecule has 0 aliphatic rings. The fourth-order valence-corrected chi connectivity index (χ4v) is 1.41. The molecule has 84 valence electrons. The molecule has 4 heteroatoms. The second-order valence-electron chi connectivity index (χ2n) is 3.66. The molecule has 0 unspecified atom stereocenters. The van der Waals surface area contributed by atoms with Gasteiger partial charge in [-0.2, -0.15) is 5.10 Å². The minimum Gasteiger partial charge on any atom is -0.486 e. The minimum atomic E-state index is 0.427. The number of aromatic nitrogens is 3. The van der Waals surface area contributed by atoms with E-state index in [9.17, 15) is 0 Å². The molecule has 2 aromatic rings. The quantitative estimate of drug-likeness (QED) is 0.854. The van der Waals surface area contributed by atoms with Crippen molar-refractivity contribution in [3.8, 4) is 5.75 Å². The van der Waals surface area contributed by atoms with Crippen LogP contribution in [0, 0.1) is 6.92 Å². The van der Waals surface area contributed by atoms with E-state index in [1.807, 2.05) is 38.1 Å². The van der Waals surface area contributed by atoms with Gasteiger partial charge >= 0.3 is 0 Å². The Bertz CT molecular complexity index is 465. The van der Waals surface area contributed by atoms with Crippen LogP contribution in [0.2, 0.25) is 0 Å². The first-order chi connectivity index (χ1) is 7.78. The van der Waals surface area contributed by atoms with Gasteiger partial charge in [-0.25, -0.2) is 4.98 Å². The van der Waals surface area contributed by atoms with Gasteiger partial charge in [0, 0.05) is 6.42 Å². The van der Waals surface area contributed by atoms with Gasteiger partial charge in [-0.05, 0) is 24.6 Å². The summed E-state index contributed by atoms with van der Waals surface area (Å²) in [6, 6.07) is 7.94. The summed E-state index contributed by atoms with van der Waals surface area (Å²) in [6.45, 7) is 4.49. The Morgan fingerprint density at radius 3 is 2.94 bits per heavy atom. The SMILES string of the molecule is CCc1n[nH]c(COc2cccc(C)c2)n1. The zero-order valence-electron chi connectivity index (χ0n) is 9.53. The van der Waals surface area contributed by atoms with Crippen LogP contribution in [-0.4, -0.2) is 15.2 Å². The van der Waals surface area contributed by atoms with Gasteiger partial charge in [0.2, 0.25) is 0 Å². The molecule has 1 N–H and O–H groups in total. The lowest BCUT2D eigenvalue weighted by Crippen LogP contribution is -1.97. The molecule has 16 heavy (non-hydrogen) atoms. The summed E-state index contributed by atoms with van der Waals surface area (Å²) in [4.78, 5) is 4.27. The molecule has 4 nitrogen and oxygen atoms in total. The first kappa shape index (κ1) is 10.7. The number of benzene rings is 1. The lowest BCUT2D eigenvalue weighted by atomic mass is 10.2. The molecular weight excluding hydrogens is 202 g/mol. The largest absolute Gasteiger partial charge is 0.486 e. The van der Waals surface area contributed by atoms with Gasteiger partial charge in [-0.1, -0.05) is 19.1 Å². The average Bonchev–Trinajstić information content (AvgIpc) is 2.74.